The Hall–Kier alpha value is -2.24. The molecule has 6 heteroatoms. The van der Waals surface area contributed by atoms with Crippen molar-refractivity contribution in [3.8, 4) is 11.5 Å². The van der Waals surface area contributed by atoms with Gasteiger partial charge in [-0.1, -0.05) is 0 Å². The summed E-state index contributed by atoms with van der Waals surface area (Å²) in [5, 5.41) is 27.6. The zero-order valence-corrected chi connectivity index (χ0v) is 9.54. The molecule has 1 amide bonds. The number of carboxylic acids is 1. The molecule has 1 atom stereocenters. The van der Waals surface area contributed by atoms with Gasteiger partial charge in [0.25, 0.3) is 5.91 Å². The van der Waals surface area contributed by atoms with Crippen LogP contribution in [0.25, 0.3) is 0 Å². The molecule has 0 bridgehead atoms. The number of likely N-dealkylation sites (tertiary alicyclic amines) is 1. The molecule has 1 aromatic rings. The van der Waals surface area contributed by atoms with Crippen LogP contribution in [-0.2, 0) is 4.79 Å². The van der Waals surface area contributed by atoms with Gasteiger partial charge in [0.15, 0.2) is 0 Å². The number of rotatable bonds is 2. The topological polar surface area (TPSA) is 98.1 Å². The Balaban J connectivity index is 2.15. The first-order valence-electron chi connectivity index (χ1n) is 5.53. The number of aromatic hydroxyl groups is 2. The third-order valence-corrected chi connectivity index (χ3v) is 3.04. The molecule has 1 aliphatic heterocycles. The van der Waals surface area contributed by atoms with E-state index in [2.05, 4.69) is 0 Å². The summed E-state index contributed by atoms with van der Waals surface area (Å²) in [4.78, 5) is 24.2. The van der Waals surface area contributed by atoms with Gasteiger partial charge in [0.1, 0.15) is 11.5 Å². The molecule has 0 aromatic heterocycles. The van der Waals surface area contributed by atoms with Crippen molar-refractivity contribution in [2.75, 3.05) is 13.1 Å². The summed E-state index contributed by atoms with van der Waals surface area (Å²) in [5.74, 6) is -2.32. The minimum Gasteiger partial charge on any atom is -0.508 e. The van der Waals surface area contributed by atoms with E-state index in [-0.39, 0.29) is 23.6 Å². The van der Waals surface area contributed by atoms with Crippen molar-refractivity contribution in [1.29, 1.82) is 0 Å². The Bertz CT molecular complexity index is 499. The van der Waals surface area contributed by atoms with E-state index in [4.69, 9.17) is 10.2 Å². The molecule has 3 N–H and O–H groups in total. The highest BCUT2D eigenvalue weighted by atomic mass is 16.4. The van der Waals surface area contributed by atoms with Crippen molar-refractivity contribution < 1.29 is 24.9 Å². The number of carbonyl (C=O) groups is 2. The quantitative estimate of drug-likeness (QED) is 0.716. The Morgan fingerprint density at radius 3 is 2.56 bits per heavy atom. The molecule has 1 fully saturated rings. The highest BCUT2D eigenvalue weighted by Crippen LogP contribution is 2.26. The highest BCUT2D eigenvalue weighted by Gasteiger charge is 2.32. The van der Waals surface area contributed by atoms with Crippen molar-refractivity contribution in [2.24, 2.45) is 5.92 Å². The SMILES string of the molecule is O=C(O)C1CCN(C(=O)c2ccc(O)cc2O)C1. The Morgan fingerprint density at radius 1 is 1.28 bits per heavy atom. The molecular formula is C12H13NO5. The number of carboxylic acid groups (broad SMARTS) is 1. The molecule has 1 aromatic carbocycles. The highest BCUT2D eigenvalue weighted by molar-refractivity contribution is 5.97. The van der Waals surface area contributed by atoms with Gasteiger partial charge < -0.3 is 20.2 Å². The molecule has 1 heterocycles. The zero-order chi connectivity index (χ0) is 13.3. The van der Waals surface area contributed by atoms with Gasteiger partial charge in [-0.05, 0) is 18.6 Å². The summed E-state index contributed by atoms with van der Waals surface area (Å²) in [5.41, 5.74) is 0.0684. The second kappa shape index (κ2) is 4.56. The summed E-state index contributed by atoms with van der Waals surface area (Å²) >= 11 is 0. The predicted molar refractivity (Wildman–Crippen MR) is 61.4 cm³/mol. The number of hydrogen-bond donors (Lipinski definition) is 3. The lowest BCUT2D eigenvalue weighted by molar-refractivity contribution is -0.141. The second-order valence-corrected chi connectivity index (χ2v) is 4.28. The van der Waals surface area contributed by atoms with E-state index < -0.39 is 17.8 Å². The maximum atomic E-state index is 12.0. The van der Waals surface area contributed by atoms with Gasteiger partial charge in [-0.2, -0.15) is 0 Å². The van der Waals surface area contributed by atoms with E-state index in [1.807, 2.05) is 0 Å². The van der Waals surface area contributed by atoms with E-state index in [9.17, 15) is 14.7 Å². The van der Waals surface area contributed by atoms with E-state index in [0.717, 1.165) is 6.07 Å². The average molecular weight is 251 g/mol. The Kier molecular flexibility index (Phi) is 3.10. The van der Waals surface area contributed by atoms with Gasteiger partial charge in [0, 0.05) is 19.2 Å². The standard InChI is InChI=1S/C12H13NO5/c14-8-1-2-9(10(15)5-8)11(16)13-4-3-7(6-13)12(17)18/h1-2,5,7,14-15H,3-4,6H2,(H,17,18). The van der Waals surface area contributed by atoms with Crippen LogP contribution in [0.5, 0.6) is 11.5 Å². The van der Waals surface area contributed by atoms with Crippen LogP contribution in [0.15, 0.2) is 18.2 Å². The molecule has 2 rings (SSSR count). The lowest BCUT2D eigenvalue weighted by Gasteiger charge is -2.16. The minimum absolute atomic E-state index is 0.0684. The van der Waals surface area contributed by atoms with Crippen LogP contribution in [0.4, 0.5) is 0 Å². The third-order valence-electron chi connectivity index (χ3n) is 3.04. The van der Waals surface area contributed by atoms with Crippen LogP contribution in [0.1, 0.15) is 16.8 Å². The van der Waals surface area contributed by atoms with Gasteiger partial charge in [-0.15, -0.1) is 0 Å². The molecule has 6 nitrogen and oxygen atoms in total. The first-order valence-corrected chi connectivity index (χ1v) is 5.53. The number of benzene rings is 1. The molecule has 0 aliphatic carbocycles. The van der Waals surface area contributed by atoms with Gasteiger partial charge in [-0.3, -0.25) is 9.59 Å². The molecular weight excluding hydrogens is 238 g/mol. The fraction of sp³-hybridized carbons (Fsp3) is 0.333. The number of amides is 1. The third kappa shape index (κ3) is 2.22. The van der Waals surface area contributed by atoms with Crippen molar-refractivity contribution in [3.63, 3.8) is 0 Å². The molecule has 1 saturated heterocycles. The largest absolute Gasteiger partial charge is 0.508 e. The zero-order valence-electron chi connectivity index (χ0n) is 9.54. The second-order valence-electron chi connectivity index (χ2n) is 4.28. The van der Waals surface area contributed by atoms with Crippen LogP contribution in [0.3, 0.4) is 0 Å². The van der Waals surface area contributed by atoms with Gasteiger partial charge in [0.05, 0.1) is 11.5 Å². The lowest BCUT2D eigenvalue weighted by Crippen LogP contribution is -2.29. The van der Waals surface area contributed by atoms with Crippen LogP contribution < -0.4 is 0 Å². The van der Waals surface area contributed by atoms with E-state index >= 15 is 0 Å². The fourth-order valence-electron chi connectivity index (χ4n) is 2.02. The number of phenolic OH excluding ortho intramolecular Hbond substituents is 2. The molecule has 1 aliphatic rings. The number of phenols is 2. The van der Waals surface area contributed by atoms with E-state index in [1.165, 1.54) is 17.0 Å². The van der Waals surface area contributed by atoms with Gasteiger partial charge in [0.2, 0.25) is 0 Å². The number of carbonyl (C=O) groups excluding carboxylic acids is 1. The maximum Gasteiger partial charge on any atom is 0.308 e. The summed E-state index contributed by atoms with van der Waals surface area (Å²) in [7, 11) is 0. The monoisotopic (exact) mass is 251 g/mol. The van der Waals surface area contributed by atoms with E-state index in [1.54, 1.807) is 0 Å². The van der Waals surface area contributed by atoms with Gasteiger partial charge in [-0.25, -0.2) is 0 Å². The summed E-state index contributed by atoms with van der Waals surface area (Å²) < 4.78 is 0. The molecule has 0 radical (unpaired) electrons. The Labute approximate surface area is 103 Å². The van der Waals surface area contributed by atoms with Crippen LogP contribution in [-0.4, -0.2) is 45.2 Å². The van der Waals surface area contributed by atoms with Crippen LogP contribution in [0.2, 0.25) is 0 Å². The van der Waals surface area contributed by atoms with Crippen molar-refractivity contribution >= 4 is 11.9 Å². The molecule has 18 heavy (non-hydrogen) atoms. The number of hydrogen-bond acceptors (Lipinski definition) is 4. The maximum absolute atomic E-state index is 12.0. The first-order chi connectivity index (χ1) is 8.49. The smallest absolute Gasteiger partial charge is 0.308 e. The minimum atomic E-state index is -0.916. The average Bonchev–Trinajstić information content (AvgIpc) is 2.77. The number of aliphatic carboxylic acids is 1. The summed E-state index contributed by atoms with van der Waals surface area (Å²) in [6.45, 7) is 0.505. The van der Waals surface area contributed by atoms with Crippen molar-refractivity contribution in [2.45, 2.75) is 6.42 Å². The van der Waals surface area contributed by atoms with Gasteiger partial charge >= 0.3 is 5.97 Å². The molecule has 96 valence electrons. The van der Waals surface area contributed by atoms with Crippen molar-refractivity contribution in [1.82, 2.24) is 4.90 Å². The first kappa shape index (κ1) is 12.2. The van der Waals surface area contributed by atoms with Crippen LogP contribution in [0, 0.1) is 5.92 Å². The normalized spacial score (nSPS) is 18.9. The van der Waals surface area contributed by atoms with Crippen LogP contribution >= 0.6 is 0 Å². The molecule has 0 spiro atoms. The summed E-state index contributed by atoms with van der Waals surface area (Å²) in [6, 6.07) is 3.71. The number of nitrogens with zero attached hydrogens (tertiary/aromatic N) is 1. The fourth-order valence-corrected chi connectivity index (χ4v) is 2.02. The van der Waals surface area contributed by atoms with Crippen molar-refractivity contribution in [3.05, 3.63) is 23.8 Å². The predicted octanol–water partition coefficient (Wildman–Crippen LogP) is 0.644. The molecule has 0 saturated carbocycles. The van der Waals surface area contributed by atoms with E-state index in [0.29, 0.717) is 13.0 Å². The lowest BCUT2D eigenvalue weighted by atomic mass is 10.1. The molecule has 1 unspecified atom stereocenters. The summed E-state index contributed by atoms with van der Waals surface area (Å²) in [6.07, 6.45) is 0.417. The Morgan fingerprint density at radius 2 is 2.00 bits per heavy atom.